The molecule has 0 saturated carbocycles. The second kappa shape index (κ2) is 6.75. The molecule has 1 amide bonds. The van der Waals surface area contributed by atoms with E-state index in [4.69, 9.17) is 11.6 Å². The Labute approximate surface area is 131 Å². The van der Waals surface area contributed by atoms with Crippen LogP contribution in [0.25, 0.3) is 0 Å². The van der Waals surface area contributed by atoms with Crippen LogP contribution in [0.1, 0.15) is 6.92 Å². The Balaban J connectivity index is 2.06. The van der Waals surface area contributed by atoms with Crippen molar-refractivity contribution in [1.82, 2.24) is 0 Å². The first-order valence-electron chi connectivity index (χ1n) is 7.07. The number of hydrogen-bond donors (Lipinski definition) is 2. The summed E-state index contributed by atoms with van der Waals surface area (Å²) in [4.78, 5) is 14.5. The molecule has 22 heavy (non-hydrogen) atoms. The highest BCUT2D eigenvalue weighted by Gasteiger charge is 2.38. The lowest BCUT2D eigenvalue weighted by Crippen LogP contribution is -3.14. The fraction of sp³-hybridized carbons (Fsp3) is 0.500. The molecule has 1 heterocycles. The van der Waals surface area contributed by atoms with Crippen LogP contribution in [0.4, 0.5) is 24.5 Å². The van der Waals surface area contributed by atoms with Gasteiger partial charge in [0.1, 0.15) is 0 Å². The van der Waals surface area contributed by atoms with Crippen LogP contribution in [0.15, 0.2) is 18.2 Å². The summed E-state index contributed by atoms with van der Waals surface area (Å²) in [6, 6.07) is 4.43. The summed E-state index contributed by atoms with van der Waals surface area (Å²) in [5.41, 5.74) is 0.815. The number of hydrogen-bond acceptors (Lipinski definition) is 2. The lowest BCUT2D eigenvalue weighted by molar-refractivity contribution is -0.898. The predicted molar refractivity (Wildman–Crippen MR) is 79.6 cm³/mol. The molecule has 0 aromatic heterocycles. The Morgan fingerprint density at radius 2 is 2.00 bits per heavy atom. The quantitative estimate of drug-likeness (QED) is 0.879. The van der Waals surface area contributed by atoms with Crippen molar-refractivity contribution in [2.24, 2.45) is 0 Å². The molecule has 2 rings (SSSR count). The van der Waals surface area contributed by atoms with E-state index in [2.05, 4.69) is 11.8 Å². The number of likely N-dealkylation sites (N-methyl/N-ethyl adjacent to an activating group) is 1. The first kappa shape index (κ1) is 16.9. The van der Waals surface area contributed by atoms with Gasteiger partial charge in [0.2, 0.25) is 0 Å². The van der Waals surface area contributed by atoms with E-state index in [-0.39, 0.29) is 5.69 Å². The highest BCUT2D eigenvalue weighted by atomic mass is 35.5. The van der Waals surface area contributed by atoms with Crippen molar-refractivity contribution < 1.29 is 22.9 Å². The summed E-state index contributed by atoms with van der Waals surface area (Å²) in [5.74, 6) is -2.00. The number of amides is 1. The Morgan fingerprint density at radius 3 is 2.50 bits per heavy atom. The van der Waals surface area contributed by atoms with E-state index in [0.717, 1.165) is 38.4 Å². The molecular weight excluding hydrogens is 319 g/mol. The smallest absolute Gasteiger partial charge is 0.359 e. The number of nitrogens with one attached hydrogen (secondary N) is 2. The maximum absolute atomic E-state index is 12.2. The van der Waals surface area contributed by atoms with Gasteiger partial charge in [-0.1, -0.05) is 11.6 Å². The summed E-state index contributed by atoms with van der Waals surface area (Å²) >= 11 is 6.15. The predicted octanol–water partition coefficient (Wildman–Crippen LogP) is 1.57. The summed E-state index contributed by atoms with van der Waals surface area (Å²) in [5, 5.41) is 2.13. The zero-order chi connectivity index (χ0) is 16.3. The van der Waals surface area contributed by atoms with Crippen molar-refractivity contribution in [3.63, 3.8) is 0 Å². The Morgan fingerprint density at radius 1 is 1.36 bits per heavy atom. The molecular formula is C14H18ClF3N3O+. The van der Waals surface area contributed by atoms with E-state index in [1.807, 2.05) is 0 Å². The van der Waals surface area contributed by atoms with E-state index in [1.54, 1.807) is 11.4 Å². The number of halogens is 4. The summed E-state index contributed by atoms with van der Waals surface area (Å²) in [6.07, 6.45) is -4.91. The second-order valence-electron chi connectivity index (χ2n) is 5.21. The van der Waals surface area contributed by atoms with Crippen LogP contribution in [0, 0.1) is 0 Å². The van der Waals surface area contributed by atoms with Gasteiger partial charge in [0, 0.05) is 5.69 Å². The number of nitrogens with zero attached hydrogens (tertiary/aromatic N) is 1. The van der Waals surface area contributed by atoms with Crippen molar-refractivity contribution in [3.8, 4) is 0 Å². The van der Waals surface area contributed by atoms with E-state index < -0.39 is 12.1 Å². The Hall–Kier alpha value is -1.47. The van der Waals surface area contributed by atoms with Crippen LogP contribution in [0.2, 0.25) is 5.02 Å². The molecule has 1 aromatic carbocycles. The normalized spacial score (nSPS) is 16.7. The van der Waals surface area contributed by atoms with Crippen LogP contribution in [-0.2, 0) is 4.79 Å². The Kier molecular flexibility index (Phi) is 5.18. The molecule has 4 nitrogen and oxygen atoms in total. The van der Waals surface area contributed by atoms with Gasteiger partial charge in [-0.15, -0.1) is 0 Å². The maximum atomic E-state index is 12.2. The van der Waals surface area contributed by atoms with E-state index in [1.165, 1.54) is 17.0 Å². The number of benzene rings is 1. The highest BCUT2D eigenvalue weighted by Crippen LogP contribution is 2.29. The van der Waals surface area contributed by atoms with Crippen LogP contribution in [0.5, 0.6) is 0 Å². The molecule has 8 heteroatoms. The fourth-order valence-corrected chi connectivity index (χ4v) is 2.76. The summed E-state index contributed by atoms with van der Waals surface area (Å²) in [7, 11) is 0. The van der Waals surface area contributed by atoms with Crippen molar-refractivity contribution in [3.05, 3.63) is 23.2 Å². The minimum Gasteiger partial charge on any atom is -0.359 e. The SMILES string of the molecule is CC[NH+]1CCN(c2ccc(NC(=O)C(F)(F)F)cc2Cl)CC1. The van der Waals surface area contributed by atoms with Gasteiger partial charge >= 0.3 is 12.1 Å². The van der Waals surface area contributed by atoms with Crippen LogP contribution < -0.4 is 15.1 Å². The average molecular weight is 337 g/mol. The number of carbonyl (C=O) groups is 1. The van der Waals surface area contributed by atoms with E-state index in [0.29, 0.717) is 5.02 Å². The van der Waals surface area contributed by atoms with Crippen molar-refractivity contribution in [2.45, 2.75) is 13.1 Å². The van der Waals surface area contributed by atoms with E-state index >= 15 is 0 Å². The molecule has 1 fully saturated rings. The topological polar surface area (TPSA) is 36.8 Å². The van der Waals surface area contributed by atoms with Gasteiger partial charge in [0.25, 0.3) is 0 Å². The number of rotatable bonds is 3. The van der Waals surface area contributed by atoms with Gasteiger partial charge in [0.05, 0.1) is 43.4 Å². The molecule has 0 radical (unpaired) electrons. The third-order valence-corrected chi connectivity index (χ3v) is 4.08. The van der Waals surface area contributed by atoms with Gasteiger partial charge in [0.15, 0.2) is 0 Å². The first-order chi connectivity index (χ1) is 10.3. The minimum absolute atomic E-state index is 0.0360. The molecule has 1 aromatic rings. The monoisotopic (exact) mass is 336 g/mol. The van der Waals surface area contributed by atoms with Gasteiger partial charge < -0.3 is 15.1 Å². The standard InChI is InChI=1S/C14H17ClF3N3O/c1-2-20-5-7-21(8-6-20)12-4-3-10(9-11(12)15)19-13(22)14(16,17)18/h3-4,9H,2,5-8H2,1H3,(H,19,22)/p+1. The molecule has 0 bridgehead atoms. The van der Waals surface area contributed by atoms with Crippen molar-refractivity contribution in [2.75, 3.05) is 42.9 Å². The third-order valence-electron chi connectivity index (χ3n) is 3.77. The summed E-state index contributed by atoms with van der Waals surface area (Å²) < 4.78 is 36.7. The average Bonchev–Trinajstić information content (AvgIpc) is 2.46. The molecule has 0 aliphatic carbocycles. The molecule has 0 unspecified atom stereocenters. The molecule has 122 valence electrons. The van der Waals surface area contributed by atoms with Gasteiger partial charge in [-0.25, -0.2) is 0 Å². The minimum atomic E-state index is -4.91. The van der Waals surface area contributed by atoms with Crippen LogP contribution >= 0.6 is 11.6 Å². The van der Waals surface area contributed by atoms with Crippen molar-refractivity contribution >= 4 is 28.9 Å². The first-order valence-corrected chi connectivity index (χ1v) is 7.45. The molecule has 1 aliphatic rings. The largest absolute Gasteiger partial charge is 0.471 e. The number of piperazine rings is 1. The lowest BCUT2D eigenvalue weighted by atomic mass is 10.2. The number of alkyl halides is 3. The molecule has 0 spiro atoms. The van der Waals surface area contributed by atoms with Crippen LogP contribution in [0.3, 0.4) is 0 Å². The number of quaternary nitrogens is 1. The molecule has 2 N–H and O–H groups in total. The van der Waals surface area contributed by atoms with Crippen LogP contribution in [-0.4, -0.2) is 44.8 Å². The molecule has 1 saturated heterocycles. The van der Waals surface area contributed by atoms with Gasteiger partial charge in [-0.2, -0.15) is 13.2 Å². The number of anilines is 2. The third kappa shape index (κ3) is 4.04. The molecule has 0 atom stereocenters. The fourth-order valence-electron chi connectivity index (χ4n) is 2.46. The zero-order valence-electron chi connectivity index (χ0n) is 12.1. The zero-order valence-corrected chi connectivity index (χ0v) is 12.9. The Bertz CT molecular complexity index is 543. The number of carbonyl (C=O) groups excluding carboxylic acids is 1. The van der Waals surface area contributed by atoms with Gasteiger partial charge in [-0.05, 0) is 25.1 Å². The molecule has 1 aliphatic heterocycles. The van der Waals surface area contributed by atoms with E-state index in [9.17, 15) is 18.0 Å². The van der Waals surface area contributed by atoms with Crippen molar-refractivity contribution in [1.29, 1.82) is 0 Å². The van der Waals surface area contributed by atoms with Gasteiger partial charge in [-0.3, -0.25) is 4.79 Å². The maximum Gasteiger partial charge on any atom is 0.471 e. The second-order valence-corrected chi connectivity index (χ2v) is 5.62. The lowest BCUT2D eigenvalue weighted by Gasteiger charge is -2.33. The highest BCUT2D eigenvalue weighted by molar-refractivity contribution is 6.33. The summed E-state index contributed by atoms with van der Waals surface area (Å²) in [6.45, 7) is 6.90.